The van der Waals surface area contributed by atoms with Gasteiger partial charge in [-0.2, -0.15) is 5.10 Å². The highest BCUT2D eigenvalue weighted by Gasteiger charge is 2.39. The Morgan fingerprint density at radius 1 is 1.28 bits per heavy atom. The summed E-state index contributed by atoms with van der Waals surface area (Å²) in [6.45, 7) is 12.3. The van der Waals surface area contributed by atoms with Crippen molar-refractivity contribution in [1.29, 1.82) is 0 Å². The van der Waals surface area contributed by atoms with E-state index in [1.54, 1.807) is 9.58 Å². The van der Waals surface area contributed by atoms with Crippen molar-refractivity contribution in [3.05, 3.63) is 46.3 Å². The van der Waals surface area contributed by atoms with E-state index in [1.807, 2.05) is 33.8 Å². The van der Waals surface area contributed by atoms with Gasteiger partial charge in [0.05, 0.1) is 24.5 Å². The molecule has 1 atom stereocenters. The van der Waals surface area contributed by atoms with Gasteiger partial charge < -0.3 is 15.2 Å². The fourth-order valence-electron chi connectivity index (χ4n) is 4.10. The second-order valence-electron chi connectivity index (χ2n) is 9.49. The summed E-state index contributed by atoms with van der Waals surface area (Å²) in [6.07, 6.45) is 0.0557. The van der Waals surface area contributed by atoms with E-state index in [9.17, 15) is 9.59 Å². The third kappa shape index (κ3) is 4.50. The molecule has 0 fully saturated rings. The number of nitrogens with two attached hydrogens (primary N) is 1. The molecule has 1 amide bonds. The van der Waals surface area contributed by atoms with Crippen LogP contribution in [-0.4, -0.2) is 52.5 Å². The van der Waals surface area contributed by atoms with Gasteiger partial charge in [0, 0.05) is 25.1 Å². The number of fused-ring (bicyclic) bond motifs is 1. The van der Waals surface area contributed by atoms with Crippen LogP contribution in [0.5, 0.6) is 0 Å². The predicted octanol–water partition coefficient (Wildman–Crippen LogP) is 3.88. The lowest BCUT2D eigenvalue weighted by molar-refractivity contribution is 0.0145. The van der Waals surface area contributed by atoms with Gasteiger partial charge in [0.15, 0.2) is 5.69 Å². The average Bonchev–Trinajstić information content (AvgIpc) is 3.10. The standard InChI is InChI=1S/C24H34N4O4/c1-14(2)16-8-9-17(15(3)12-16)28-18-10-11-27(23(30)32-24(4,5)6)19(13-25)20(18)21(26-28)22(29)31-7/h8-9,12,14,19H,10-11,13,25H2,1-7H3/t19-/m0/s1. The molecule has 2 N–H and O–H groups in total. The fraction of sp³-hybridized carbons (Fsp3) is 0.542. The Kier molecular flexibility index (Phi) is 6.64. The molecule has 1 aliphatic heterocycles. The van der Waals surface area contributed by atoms with Gasteiger partial charge in [-0.15, -0.1) is 0 Å². The molecule has 1 aromatic heterocycles. The summed E-state index contributed by atoms with van der Waals surface area (Å²) >= 11 is 0. The topological polar surface area (TPSA) is 99.7 Å². The molecular formula is C24H34N4O4. The molecule has 2 heterocycles. The van der Waals surface area contributed by atoms with Crippen LogP contribution in [-0.2, 0) is 15.9 Å². The summed E-state index contributed by atoms with van der Waals surface area (Å²) < 4.78 is 12.4. The van der Waals surface area contributed by atoms with Crippen LogP contribution in [0.15, 0.2) is 18.2 Å². The van der Waals surface area contributed by atoms with E-state index in [4.69, 9.17) is 15.2 Å². The number of aryl methyl sites for hydroxylation is 1. The largest absolute Gasteiger partial charge is 0.464 e. The molecule has 0 bridgehead atoms. The van der Waals surface area contributed by atoms with Gasteiger partial charge in [-0.25, -0.2) is 14.3 Å². The van der Waals surface area contributed by atoms with E-state index in [0.717, 1.165) is 16.9 Å². The first kappa shape index (κ1) is 23.8. The molecule has 3 rings (SSSR count). The Labute approximate surface area is 189 Å². The van der Waals surface area contributed by atoms with Crippen LogP contribution in [0, 0.1) is 6.92 Å². The predicted molar refractivity (Wildman–Crippen MR) is 122 cm³/mol. The lowest BCUT2D eigenvalue weighted by atomic mass is 9.95. The molecule has 1 aromatic carbocycles. The number of hydrogen-bond donors (Lipinski definition) is 1. The Morgan fingerprint density at radius 2 is 1.97 bits per heavy atom. The summed E-state index contributed by atoms with van der Waals surface area (Å²) in [6, 6.07) is 5.71. The van der Waals surface area contributed by atoms with Gasteiger partial charge in [0.2, 0.25) is 0 Å². The monoisotopic (exact) mass is 442 g/mol. The maximum absolute atomic E-state index is 12.9. The molecule has 0 spiro atoms. The first-order valence-corrected chi connectivity index (χ1v) is 11.0. The molecule has 8 heteroatoms. The summed E-state index contributed by atoms with van der Waals surface area (Å²) in [5.74, 6) is -0.148. The van der Waals surface area contributed by atoms with Crippen LogP contribution in [0.25, 0.3) is 5.69 Å². The van der Waals surface area contributed by atoms with E-state index >= 15 is 0 Å². The van der Waals surface area contributed by atoms with Crippen molar-refractivity contribution >= 4 is 12.1 Å². The number of aromatic nitrogens is 2. The Hall–Kier alpha value is -2.87. The number of nitrogens with zero attached hydrogens (tertiary/aromatic N) is 3. The first-order valence-electron chi connectivity index (χ1n) is 11.0. The lowest BCUT2D eigenvalue weighted by Crippen LogP contribution is -2.46. The molecular weight excluding hydrogens is 408 g/mol. The van der Waals surface area contributed by atoms with Gasteiger partial charge in [-0.3, -0.25) is 4.90 Å². The molecule has 0 unspecified atom stereocenters. The molecule has 0 aliphatic carbocycles. The van der Waals surface area contributed by atoms with E-state index in [2.05, 4.69) is 31.1 Å². The molecule has 174 valence electrons. The average molecular weight is 443 g/mol. The SMILES string of the molecule is COC(=O)c1nn(-c2ccc(C(C)C)cc2C)c2c1[C@H](CN)N(C(=O)OC(C)(C)C)CC2. The number of carbonyl (C=O) groups excluding carboxylic acids is 2. The normalized spacial score (nSPS) is 16.2. The van der Waals surface area contributed by atoms with E-state index < -0.39 is 23.7 Å². The van der Waals surface area contributed by atoms with Gasteiger partial charge in [0.1, 0.15) is 5.60 Å². The maximum Gasteiger partial charge on any atom is 0.410 e. The third-order valence-corrected chi connectivity index (χ3v) is 5.67. The molecule has 2 aromatic rings. The lowest BCUT2D eigenvalue weighted by Gasteiger charge is -2.36. The van der Waals surface area contributed by atoms with Gasteiger partial charge in [0.25, 0.3) is 0 Å². The van der Waals surface area contributed by atoms with Gasteiger partial charge in [-0.1, -0.05) is 26.0 Å². The van der Waals surface area contributed by atoms with Crippen molar-refractivity contribution < 1.29 is 19.1 Å². The molecule has 0 saturated heterocycles. The second-order valence-corrected chi connectivity index (χ2v) is 9.49. The first-order chi connectivity index (χ1) is 15.0. The number of methoxy groups -OCH3 is 1. The summed E-state index contributed by atoms with van der Waals surface area (Å²) in [4.78, 5) is 27.1. The Morgan fingerprint density at radius 3 is 2.50 bits per heavy atom. The van der Waals surface area contributed by atoms with Crippen molar-refractivity contribution in [1.82, 2.24) is 14.7 Å². The van der Waals surface area contributed by atoms with E-state index in [-0.39, 0.29) is 12.2 Å². The van der Waals surface area contributed by atoms with Gasteiger partial charge in [-0.05, 0) is 50.8 Å². The van der Waals surface area contributed by atoms with Crippen LogP contribution in [0.1, 0.15) is 79.5 Å². The number of esters is 1. The summed E-state index contributed by atoms with van der Waals surface area (Å²) in [5, 5.41) is 4.64. The van der Waals surface area contributed by atoms with Crippen LogP contribution in [0.3, 0.4) is 0 Å². The highest BCUT2D eigenvalue weighted by atomic mass is 16.6. The molecule has 0 saturated carbocycles. The molecule has 1 aliphatic rings. The Bertz CT molecular complexity index is 1020. The highest BCUT2D eigenvalue weighted by Crippen LogP contribution is 2.35. The van der Waals surface area contributed by atoms with Crippen LogP contribution >= 0.6 is 0 Å². The van der Waals surface area contributed by atoms with Crippen LogP contribution in [0.4, 0.5) is 4.79 Å². The number of rotatable bonds is 4. The van der Waals surface area contributed by atoms with Crippen molar-refractivity contribution in [3.8, 4) is 5.69 Å². The Balaban J connectivity index is 2.13. The minimum absolute atomic E-state index is 0.132. The van der Waals surface area contributed by atoms with E-state index in [1.165, 1.54) is 12.7 Å². The number of carbonyl (C=O) groups is 2. The quantitative estimate of drug-likeness (QED) is 0.721. The summed E-state index contributed by atoms with van der Waals surface area (Å²) in [5.41, 5.74) is 10.3. The zero-order valence-corrected chi connectivity index (χ0v) is 20.1. The smallest absolute Gasteiger partial charge is 0.410 e. The molecule has 32 heavy (non-hydrogen) atoms. The number of benzene rings is 1. The summed E-state index contributed by atoms with van der Waals surface area (Å²) in [7, 11) is 1.32. The minimum Gasteiger partial charge on any atom is -0.464 e. The maximum atomic E-state index is 12.9. The molecule has 0 radical (unpaired) electrons. The van der Waals surface area contributed by atoms with Crippen molar-refractivity contribution in [2.75, 3.05) is 20.2 Å². The van der Waals surface area contributed by atoms with Crippen molar-refractivity contribution in [3.63, 3.8) is 0 Å². The molecule has 8 nitrogen and oxygen atoms in total. The van der Waals surface area contributed by atoms with E-state index in [0.29, 0.717) is 24.4 Å². The van der Waals surface area contributed by atoms with Crippen molar-refractivity contribution in [2.45, 2.75) is 65.5 Å². The number of hydrogen-bond acceptors (Lipinski definition) is 6. The van der Waals surface area contributed by atoms with Crippen molar-refractivity contribution in [2.24, 2.45) is 5.73 Å². The highest BCUT2D eigenvalue weighted by molar-refractivity contribution is 5.90. The zero-order valence-electron chi connectivity index (χ0n) is 20.1. The third-order valence-electron chi connectivity index (χ3n) is 5.67. The van der Waals surface area contributed by atoms with Crippen LogP contribution in [0.2, 0.25) is 0 Å². The fourth-order valence-corrected chi connectivity index (χ4v) is 4.10. The number of amides is 1. The van der Waals surface area contributed by atoms with Gasteiger partial charge >= 0.3 is 12.1 Å². The second kappa shape index (κ2) is 8.94. The van der Waals surface area contributed by atoms with Crippen LogP contribution < -0.4 is 5.73 Å². The number of ether oxygens (including phenoxy) is 2. The minimum atomic E-state index is -0.638. The zero-order chi connectivity index (χ0) is 23.8.